The topological polar surface area (TPSA) is 93.2 Å². The van der Waals surface area contributed by atoms with Crippen LogP contribution in [0.2, 0.25) is 0 Å². The van der Waals surface area contributed by atoms with Gasteiger partial charge in [0.05, 0.1) is 11.6 Å². The Kier molecular flexibility index (Phi) is 9.10. The molecular formula is C31H38N4O3. The first-order valence-electron chi connectivity index (χ1n) is 13.5. The molecule has 0 bridgehead atoms. The molecule has 1 heterocycles. The summed E-state index contributed by atoms with van der Waals surface area (Å²) < 4.78 is 5.32. The van der Waals surface area contributed by atoms with Crippen LogP contribution in [0.25, 0.3) is 11.3 Å². The number of ether oxygens (including phenoxy) is 1. The fourth-order valence-electron chi connectivity index (χ4n) is 4.87. The molecule has 3 aromatic rings. The molecule has 200 valence electrons. The highest BCUT2D eigenvalue weighted by Gasteiger charge is 2.28. The van der Waals surface area contributed by atoms with Gasteiger partial charge >= 0.3 is 6.09 Å². The minimum Gasteiger partial charge on any atom is -0.444 e. The van der Waals surface area contributed by atoms with Gasteiger partial charge in [-0.2, -0.15) is 0 Å². The van der Waals surface area contributed by atoms with Gasteiger partial charge in [-0.3, -0.25) is 4.79 Å². The summed E-state index contributed by atoms with van der Waals surface area (Å²) in [4.78, 5) is 34.6. The summed E-state index contributed by atoms with van der Waals surface area (Å²) in [6, 6.07) is 22.0. The van der Waals surface area contributed by atoms with Crippen molar-refractivity contribution in [3.8, 4) is 11.3 Å². The van der Waals surface area contributed by atoms with Crippen molar-refractivity contribution in [3.63, 3.8) is 0 Å². The third kappa shape index (κ3) is 7.88. The fraction of sp³-hybridized carbons (Fsp3) is 0.419. The number of carbonyl (C=O) groups excluding carboxylic acids is 2. The van der Waals surface area contributed by atoms with Gasteiger partial charge in [0, 0.05) is 30.8 Å². The van der Waals surface area contributed by atoms with Crippen LogP contribution in [0.3, 0.4) is 0 Å². The van der Waals surface area contributed by atoms with Gasteiger partial charge < -0.3 is 15.4 Å². The molecule has 7 nitrogen and oxygen atoms in total. The minimum atomic E-state index is -0.509. The molecule has 4 rings (SSSR count). The third-order valence-corrected chi connectivity index (χ3v) is 6.89. The Labute approximate surface area is 225 Å². The fourth-order valence-corrected chi connectivity index (χ4v) is 4.87. The predicted octanol–water partition coefficient (Wildman–Crippen LogP) is 5.72. The van der Waals surface area contributed by atoms with Crippen LogP contribution in [-0.2, 0) is 9.53 Å². The second-order valence-electron chi connectivity index (χ2n) is 11.0. The number of rotatable bonds is 8. The Morgan fingerprint density at radius 3 is 2.24 bits per heavy atom. The summed E-state index contributed by atoms with van der Waals surface area (Å²) in [6.07, 6.45) is 4.82. The second-order valence-corrected chi connectivity index (χ2v) is 11.0. The quantitative estimate of drug-likeness (QED) is 0.401. The molecule has 2 N–H and O–H groups in total. The monoisotopic (exact) mass is 514 g/mol. The average Bonchev–Trinajstić information content (AvgIpc) is 2.92. The molecule has 0 radical (unpaired) electrons. The first-order valence-corrected chi connectivity index (χ1v) is 13.5. The maximum Gasteiger partial charge on any atom is 0.407 e. The van der Waals surface area contributed by atoms with E-state index in [-0.39, 0.29) is 23.8 Å². The van der Waals surface area contributed by atoms with Gasteiger partial charge in [0.25, 0.3) is 0 Å². The maximum atomic E-state index is 13.1. The standard InChI is InChI=1S/C31H38N4O3/c1-31(2,3)38-30(37)34-20-22-14-16-25(17-15-22)29(36)33-21-26(23-10-6-4-7-11-23)28-32-19-18-27(35-28)24-12-8-5-9-13-24/h4-13,18-19,22,25-26H,14-17,20-21H2,1-3H3,(H,33,36)(H,34,37)/t22?,25?,26-/m1/s1. The molecular weight excluding hydrogens is 476 g/mol. The van der Waals surface area contributed by atoms with Crippen molar-refractivity contribution in [1.82, 2.24) is 20.6 Å². The summed E-state index contributed by atoms with van der Waals surface area (Å²) in [5.41, 5.74) is 2.45. The van der Waals surface area contributed by atoms with E-state index in [9.17, 15) is 9.59 Å². The zero-order valence-corrected chi connectivity index (χ0v) is 22.5. The van der Waals surface area contributed by atoms with E-state index >= 15 is 0 Å². The lowest BCUT2D eigenvalue weighted by molar-refractivity contribution is -0.126. The summed E-state index contributed by atoms with van der Waals surface area (Å²) >= 11 is 0. The molecule has 1 atom stereocenters. The van der Waals surface area contributed by atoms with E-state index in [1.54, 1.807) is 6.20 Å². The Morgan fingerprint density at radius 2 is 1.58 bits per heavy atom. The van der Waals surface area contributed by atoms with E-state index in [1.165, 1.54) is 0 Å². The minimum absolute atomic E-state index is 0.0271. The van der Waals surface area contributed by atoms with Gasteiger partial charge in [-0.1, -0.05) is 60.7 Å². The van der Waals surface area contributed by atoms with Crippen molar-refractivity contribution >= 4 is 12.0 Å². The van der Waals surface area contributed by atoms with Crippen LogP contribution in [0.15, 0.2) is 72.9 Å². The lowest BCUT2D eigenvalue weighted by atomic mass is 9.81. The molecule has 0 spiro atoms. The van der Waals surface area contributed by atoms with Crippen molar-refractivity contribution < 1.29 is 14.3 Å². The van der Waals surface area contributed by atoms with Crippen molar-refractivity contribution in [3.05, 3.63) is 84.3 Å². The lowest BCUT2D eigenvalue weighted by Gasteiger charge is -2.29. The molecule has 1 aliphatic rings. The van der Waals surface area contributed by atoms with Crippen LogP contribution in [0.1, 0.15) is 63.8 Å². The molecule has 7 heteroatoms. The van der Waals surface area contributed by atoms with Crippen molar-refractivity contribution in [1.29, 1.82) is 0 Å². The van der Waals surface area contributed by atoms with Crippen LogP contribution in [0.4, 0.5) is 4.79 Å². The molecule has 2 amide bonds. The van der Waals surface area contributed by atoms with E-state index in [0.29, 0.717) is 24.8 Å². The number of nitrogens with zero attached hydrogens (tertiary/aromatic N) is 2. The summed E-state index contributed by atoms with van der Waals surface area (Å²) in [5, 5.41) is 6.06. The molecule has 2 aromatic carbocycles. The normalized spacial score (nSPS) is 18.3. The van der Waals surface area contributed by atoms with E-state index in [4.69, 9.17) is 9.72 Å². The van der Waals surface area contributed by atoms with Crippen molar-refractivity contribution in [2.75, 3.05) is 13.1 Å². The maximum absolute atomic E-state index is 13.1. The van der Waals surface area contributed by atoms with Gasteiger partial charge in [-0.15, -0.1) is 0 Å². The number of benzene rings is 2. The third-order valence-electron chi connectivity index (χ3n) is 6.89. The number of hydrogen-bond acceptors (Lipinski definition) is 5. The first-order chi connectivity index (χ1) is 18.3. The summed E-state index contributed by atoms with van der Waals surface area (Å²) in [6.45, 7) is 6.57. The smallest absolute Gasteiger partial charge is 0.407 e. The van der Waals surface area contributed by atoms with Crippen LogP contribution in [-0.4, -0.2) is 40.7 Å². The van der Waals surface area contributed by atoms with Crippen LogP contribution < -0.4 is 10.6 Å². The van der Waals surface area contributed by atoms with Gasteiger partial charge in [-0.25, -0.2) is 14.8 Å². The van der Waals surface area contributed by atoms with Gasteiger partial charge in [0.1, 0.15) is 11.4 Å². The molecule has 38 heavy (non-hydrogen) atoms. The zero-order chi connectivity index (χ0) is 27.0. The van der Waals surface area contributed by atoms with Gasteiger partial charge in [0.2, 0.25) is 5.91 Å². The molecule has 0 saturated heterocycles. The van der Waals surface area contributed by atoms with Crippen LogP contribution in [0.5, 0.6) is 0 Å². The number of alkyl carbamates (subject to hydrolysis) is 1. The zero-order valence-electron chi connectivity index (χ0n) is 22.5. The predicted molar refractivity (Wildman–Crippen MR) is 148 cm³/mol. The van der Waals surface area contributed by atoms with E-state index in [0.717, 1.165) is 42.5 Å². The number of aromatic nitrogens is 2. The molecule has 1 fully saturated rings. The lowest BCUT2D eigenvalue weighted by Crippen LogP contribution is -2.39. The summed E-state index contributed by atoms with van der Waals surface area (Å²) in [7, 11) is 0. The molecule has 1 aromatic heterocycles. The number of nitrogens with one attached hydrogen (secondary N) is 2. The summed E-state index contributed by atoms with van der Waals surface area (Å²) in [5.74, 6) is 0.940. The number of hydrogen-bond donors (Lipinski definition) is 2. The highest BCUT2D eigenvalue weighted by molar-refractivity contribution is 5.78. The Balaban J connectivity index is 1.35. The van der Waals surface area contributed by atoms with Crippen molar-refractivity contribution in [2.24, 2.45) is 11.8 Å². The second kappa shape index (κ2) is 12.7. The number of carbonyl (C=O) groups is 2. The van der Waals surface area contributed by atoms with Gasteiger partial charge in [-0.05, 0) is 64.0 Å². The van der Waals surface area contributed by atoms with E-state index in [2.05, 4.69) is 27.8 Å². The largest absolute Gasteiger partial charge is 0.444 e. The first kappa shape index (κ1) is 27.3. The van der Waals surface area contributed by atoms with Crippen LogP contribution >= 0.6 is 0 Å². The number of amides is 2. The van der Waals surface area contributed by atoms with E-state index < -0.39 is 5.60 Å². The highest BCUT2D eigenvalue weighted by Crippen LogP contribution is 2.29. The Bertz CT molecular complexity index is 1190. The molecule has 1 aliphatic carbocycles. The average molecular weight is 515 g/mol. The Hall–Kier alpha value is -3.74. The Morgan fingerprint density at radius 1 is 0.921 bits per heavy atom. The van der Waals surface area contributed by atoms with Crippen molar-refractivity contribution in [2.45, 2.75) is 58.0 Å². The van der Waals surface area contributed by atoms with Gasteiger partial charge in [0.15, 0.2) is 0 Å². The molecule has 1 saturated carbocycles. The highest BCUT2D eigenvalue weighted by atomic mass is 16.6. The molecule has 0 aliphatic heterocycles. The van der Waals surface area contributed by atoms with Crippen LogP contribution in [0, 0.1) is 11.8 Å². The van der Waals surface area contributed by atoms with E-state index in [1.807, 2.05) is 75.4 Å². The molecule has 0 unspecified atom stereocenters. The SMILES string of the molecule is CC(C)(C)OC(=O)NCC1CCC(C(=O)NC[C@H](c2ccccc2)c2nccc(-c3ccccc3)n2)CC1.